The first-order valence-electron chi connectivity index (χ1n) is 5.61. The molecule has 3 N–H and O–H groups in total. The molecule has 0 spiro atoms. The highest BCUT2D eigenvalue weighted by molar-refractivity contribution is 6.58. The van der Waals surface area contributed by atoms with Crippen molar-refractivity contribution >= 4 is 24.5 Å². The van der Waals surface area contributed by atoms with E-state index < -0.39 is 24.8 Å². The lowest BCUT2D eigenvalue weighted by molar-refractivity contribution is -0.149. The van der Waals surface area contributed by atoms with Crippen LogP contribution in [0.15, 0.2) is 18.2 Å². The Hall–Kier alpha value is -1.93. The topological polar surface area (TPSA) is 95.9 Å². The van der Waals surface area contributed by atoms with E-state index in [-0.39, 0.29) is 17.4 Å². The summed E-state index contributed by atoms with van der Waals surface area (Å²) in [4.78, 5) is 27.0. The molecule has 8 heteroatoms. The smallest absolute Gasteiger partial charge is 0.423 e. The lowest BCUT2D eigenvalue weighted by Gasteiger charge is -2.07. The maximum Gasteiger partial charge on any atom is 0.491 e. The molecule has 0 aliphatic carbocycles. The van der Waals surface area contributed by atoms with Crippen molar-refractivity contribution in [2.45, 2.75) is 19.8 Å². The third kappa shape index (κ3) is 4.34. The van der Waals surface area contributed by atoms with Gasteiger partial charge in [-0.3, -0.25) is 4.79 Å². The largest absolute Gasteiger partial charge is 0.491 e. The van der Waals surface area contributed by atoms with Crippen molar-refractivity contribution in [1.82, 2.24) is 5.48 Å². The highest BCUT2D eigenvalue weighted by Gasteiger charge is 2.18. The standard InChI is InChI=1S/C11H13BFNO5/c1-2-3-10(15)19-14-11(16)7-4-5-8(12(17)18)9(13)6-7/h4-6,17-18H,2-3H2,1H3,(H,14,16). The molecule has 19 heavy (non-hydrogen) atoms. The van der Waals surface area contributed by atoms with E-state index in [1.165, 1.54) is 6.07 Å². The zero-order valence-corrected chi connectivity index (χ0v) is 10.2. The molecule has 0 unspecified atom stereocenters. The summed E-state index contributed by atoms with van der Waals surface area (Å²) in [6.45, 7) is 1.78. The molecule has 0 heterocycles. The van der Waals surface area contributed by atoms with Gasteiger partial charge >= 0.3 is 13.1 Å². The van der Waals surface area contributed by atoms with Crippen LogP contribution in [0.4, 0.5) is 4.39 Å². The van der Waals surface area contributed by atoms with E-state index in [0.717, 1.165) is 12.1 Å². The molecule has 0 radical (unpaired) electrons. The Kier molecular flexibility index (Phi) is 5.46. The highest BCUT2D eigenvalue weighted by atomic mass is 19.1. The van der Waals surface area contributed by atoms with Crippen LogP contribution >= 0.6 is 0 Å². The molecule has 0 aromatic heterocycles. The normalized spacial score (nSPS) is 9.89. The van der Waals surface area contributed by atoms with Crippen molar-refractivity contribution in [3.63, 3.8) is 0 Å². The molecule has 0 atom stereocenters. The number of carbonyl (C=O) groups excluding carboxylic acids is 2. The second-order valence-corrected chi connectivity index (χ2v) is 3.77. The molecule has 1 aromatic carbocycles. The van der Waals surface area contributed by atoms with E-state index >= 15 is 0 Å². The summed E-state index contributed by atoms with van der Waals surface area (Å²) in [6.07, 6.45) is 0.733. The van der Waals surface area contributed by atoms with Gasteiger partial charge in [0.15, 0.2) is 0 Å². The SMILES string of the molecule is CCCC(=O)ONC(=O)c1ccc(B(O)O)c(F)c1. The lowest BCUT2D eigenvalue weighted by atomic mass is 9.79. The molecule has 0 bridgehead atoms. The number of hydrogen-bond donors (Lipinski definition) is 3. The van der Waals surface area contributed by atoms with E-state index in [4.69, 9.17) is 10.0 Å². The molecule has 0 saturated heterocycles. The van der Waals surface area contributed by atoms with Crippen molar-refractivity contribution in [3.8, 4) is 0 Å². The van der Waals surface area contributed by atoms with Crippen LogP contribution in [-0.4, -0.2) is 29.0 Å². The number of rotatable bonds is 4. The van der Waals surface area contributed by atoms with Crippen LogP contribution in [-0.2, 0) is 9.63 Å². The van der Waals surface area contributed by atoms with Gasteiger partial charge in [0.25, 0.3) is 5.91 Å². The quantitative estimate of drug-likeness (QED) is 0.505. The van der Waals surface area contributed by atoms with E-state index in [2.05, 4.69) is 4.84 Å². The first-order valence-corrected chi connectivity index (χ1v) is 5.61. The summed E-state index contributed by atoms with van der Waals surface area (Å²) < 4.78 is 13.4. The van der Waals surface area contributed by atoms with Gasteiger partial charge in [-0.1, -0.05) is 13.0 Å². The van der Waals surface area contributed by atoms with Gasteiger partial charge in [0.2, 0.25) is 0 Å². The average molecular weight is 269 g/mol. The minimum absolute atomic E-state index is 0.105. The van der Waals surface area contributed by atoms with Crippen LogP contribution in [0.2, 0.25) is 0 Å². The average Bonchev–Trinajstić information content (AvgIpc) is 2.35. The zero-order valence-electron chi connectivity index (χ0n) is 10.2. The second kappa shape index (κ2) is 6.86. The lowest BCUT2D eigenvalue weighted by Crippen LogP contribution is -2.33. The fourth-order valence-electron chi connectivity index (χ4n) is 1.30. The van der Waals surface area contributed by atoms with Crippen LogP contribution in [0.25, 0.3) is 0 Å². The van der Waals surface area contributed by atoms with E-state index in [1.807, 2.05) is 5.48 Å². The van der Waals surface area contributed by atoms with Crippen LogP contribution in [0.5, 0.6) is 0 Å². The summed E-state index contributed by atoms with van der Waals surface area (Å²) in [5.74, 6) is -2.34. The van der Waals surface area contributed by atoms with Crippen molar-refractivity contribution in [2.75, 3.05) is 0 Å². The molecule has 1 aromatic rings. The molecule has 1 rings (SSSR count). The molecular weight excluding hydrogens is 256 g/mol. The zero-order chi connectivity index (χ0) is 14.4. The van der Waals surface area contributed by atoms with Gasteiger partial charge in [0.05, 0.1) is 0 Å². The van der Waals surface area contributed by atoms with Crippen molar-refractivity contribution in [3.05, 3.63) is 29.6 Å². The number of benzene rings is 1. The molecule has 1 amide bonds. The van der Waals surface area contributed by atoms with Gasteiger partial charge in [-0.2, -0.15) is 5.48 Å². The Balaban J connectivity index is 2.68. The van der Waals surface area contributed by atoms with Gasteiger partial charge in [-0.05, 0) is 18.6 Å². The Morgan fingerprint density at radius 3 is 2.63 bits per heavy atom. The van der Waals surface area contributed by atoms with E-state index in [0.29, 0.717) is 6.42 Å². The molecule has 0 aliphatic heterocycles. The number of carbonyl (C=O) groups is 2. The number of halogens is 1. The minimum atomic E-state index is -1.96. The fraction of sp³-hybridized carbons (Fsp3) is 0.273. The summed E-state index contributed by atoms with van der Waals surface area (Å²) >= 11 is 0. The van der Waals surface area contributed by atoms with Gasteiger partial charge in [-0.25, -0.2) is 9.18 Å². The summed E-state index contributed by atoms with van der Waals surface area (Å²) in [5.41, 5.74) is 1.43. The van der Waals surface area contributed by atoms with Crippen LogP contribution in [0, 0.1) is 5.82 Å². The fourth-order valence-corrected chi connectivity index (χ4v) is 1.30. The summed E-state index contributed by atoms with van der Waals surface area (Å²) in [5, 5.41) is 17.6. The Morgan fingerprint density at radius 1 is 1.42 bits per heavy atom. The Labute approximate surface area is 109 Å². The first kappa shape index (κ1) is 15.1. The van der Waals surface area contributed by atoms with E-state index in [1.54, 1.807) is 6.92 Å². The number of hydrogen-bond acceptors (Lipinski definition) is 5. The monoisotopic (exact) mass is 269 g/mol. The third-order valence-electron chi connectivity index (χ3n) is 2.25. The summed E-state index contributed by atoms with van der Waals surface area (Å²) in [7, 11) is -1.96. The Morgan fingerprint density at radius 2 is 2.11 bits per heavy atom. The first-order chi connectivity index (χ1) is 8.95. The second-order valence-electron chi connectivity index (χ2n) is 3.77. The number of nitrogens with one attached hydrogen (secondary N) is 1. The van der Waals surface area contributed by atoms with Crippen molar-refractivity contribution in [1.29, 1.82) is 0 Å². The third-order valence-corrected chi connectivity index (χ3v) is 2.25. The number of amides is 1. The van der Waals surface area contributed by atoms with Crippen molar-refractivity contribution < 1.29 is 28.9 Å². The maximum atomic E-state index is 13.4. The van der Waals surface area contributed by atoms with Crippen LogP contribution < -0.4 is 10.9 Å². The highest BCUT2D eigenvalue weighted by Crippen LogP contribution is 2.03. The Bertz CT molecular complexity index is 480. The predicted molar refractivity (Wildman–Crippen MR) is 64.7 cm³/mol. The van der Waals surface area contributed by atoms with E-state index in [9.17, 15) is 14.0 Å². The molecular formula is C11H13BFNO5. The predicted octanol–water partition coefficient (Wildman–Crippen LogP) is -0.506. The van der Waals surface area contributed by atoms with Crippen LogP contribution in [0.3, 0.4) is 0 Å². The number of hydroxylamine groups is 1. The van der Waals surface area contributed by atoms with Crippen molar-refractivity contribution in [2.24, 2.45) is 0 Å². The van der Waals surface area contributed by atoms with Gasteiger partial charge in [-0.15, -0.1) is 0 Å². The molecule has 0 aliphatic rings. The molecule has 0 saturated carbocycles. The maximum absolute atomic E-state index is 13.4. The minimum Gasteiger partial charge on any atom is -0.423 e. The van der Waals surface area contributed by atoms with Crippen LogP contribution in [0.1, 0.15) is 30.1 Å². The van der Waals surface area contributed by atoms with Gasteiger partial charge in [0.1, 0.15) is 5.82 Å². The summed E-state index contributed by atoms with van der Waals surface area (Å²) in [6, 6.07) is 3.06. The van der Waals surface area contributed by atoms with Gasteiger partial charge < -0.3 is 14.9 Å². The molecule has 6 nitrogen and oxygen atoms in total. The molecule has 0 fully saturated rings. The van der Waals surface area contributed by atoms with Gasteiger partial charge in [0, 0.05) is 17.4 Å². The molecule has 102 valence electrons.